The van der Waals surface area contributed by atoms with E-state index in [9.17, 15) is 14.0 Å². The van der Waals surface area contributed by atoms with Gasteiger partial charge in [0.2, 0.25) is 0 Å². The van der Waals surface area contributed by atoms with E-state index in [1.807, 2.05) is 37.3 Å². The molecular weight excluding hydrogens is 413 g/mol. The quantitative estimate of drug-likeness (QED) is 0.466. The predicted octanol–water partition coefficient (Wildman–Crippen LogP) is 5.44. The summed E-state index contributed by atoms with van der Waals surface area (Å²) in [6.45, 7) is 2.41. The zero-order chi connectivity index (χ0) is 21.8. The zero-order valence-corrected chi connectivity index (χ0v) is 17.7. The van der Waals surface area contributed by atoms with Gasteiger partial charge in [-0.3, -0.25) is 9.59 Å². The van der Waals surface area contributed by atoms with Gasteiger partial charge in [0.25, 0.3) is 11.8 Å². The molecular formula is C25H20FNO3S. The molecule has 0 aromatic heterocycles. The second-order valence-corrected chi connectivity index (χ2v) is 7.84. The maximum atomic E-state index is 13.5. The number of nitrogens with zero attached hydrogens (tertiary/aromatic N) is 1. The summed E-state index contributed by atoms with van der Waals surface area (Å²) < 4.78 is 18.9. The first-order valence-electron chi connectivity index (χ1n) is 9.87. The van der Waals surface area contributed by atoms with Crippen LogP contribution in [0.4, 0.5) is 10.1 Å². The van der Waals surface area contributed by atoms with Gasteiger partial charge in [-0.05, 0) is 54.4 Å². The van der Waals surface area contributed by atoms with Gasteiger partial charge in [-0.1, -0.05) is 42.5 Å². The number of rotatable bonds is 7. The third-order valence-corrected chi connectivity index (χ3v) is 5.95. The Morgan fingerprint density at radius 1 is 0.871 bits per heavy atom. The van der Waals surface area contributed by atoms with E-state index in [4.69, 9.17) is 4.74 Å². The van der Waals surface area contributed by atoms with Crippen LogP contribution < -0.4 is 9.64 Å². The van der Waals surface area contributed by atoms with E-state index in [0.29, 0.717) is 39.8 Å². The van der Waals surface area contributed by atoms with E-state index < -0.39 is 11.7 Å². The number of carbonyl (C=O) groups excluding carboxylic acids is 2. The minimum atomic E-state index is -0.420. The van der Waals surface area contributed by atoms with Crippen molar-refractivity contribution in [2.75, 3.05) is 11.5 Å². The summed E-state index contributed by atoms with van der Waals surface area (Å²) in [5, 5.41) is 0. The Hall–Kier alpha value is -3.38. The van der Waals surface area contributed by atoms with Crippen molar-refractivity contribution in [2.45, 2.75) is 12.7 Å². The standard InChI is InChI=1S/C25H20FNO3S/c1-2-30-21-14-12-20(13-15-21)27-24(28)22(18-8-10-19(26)11-9-18)23(25(27)29)31-16-17-6-4-3-5-7-17/h3-15H,2,16H2,1H3. The van der Waals surface area contributed by atoms with Crippen molar-refractivity contribution in [2.24, 2.45) is 0 Å². The highest BCUT2D eigenvalue weighted by Crippen LogP contribution is 2.39. The summed E-state index contributed by atoms with van der Waals surface area (Å²) in [5.41, 5.74) is 2.31. The monoisotopic (exact) mass is 433 g/mol. The number of ether oxygens (including phenoxy) is 1. The number of carbonyl (C=O) groups is 2. The molecule has 6 heteroatoms. The van der Waals surface area contributed by atoms with Gasteiger partial charge in [-0.15, -0.1) is 11.8 Å². The Balaban J connectivity index is 1.69. The SMILES string of the molecule is CCOc1ccc(N2C(=O)C(SCc3ccccc3)=C(c3ccc(F)cc3)C2=O)cc1. The Morgan fingerprint density at radius 3 is 2.19 bits per heavy atom. The number of anilines is 1. The summed E-state index contributed by atoms with van der Waals surface area (Å²) in [6.07, 6.45) is 0. The molecule has 1 heterocycles. The molecule has 0 bridgehead atoms. The first-order valence-corrected chi connectivity index (χ1v) is 10.9. The first-order chi connectivity index (χ1) is 15.1. The van der Waals surface area contributed by atoms with Crippen LogP contribution in [0.15, 0.2) is 83.8 Å². The van der Waals surface area contributed by atoms with E-state index in [0.717, 1.165) is 5.56 Å². The van der Waals surface area contributed by atoms with Crippen LogP contribution >= 0.6 is 11.8 Å². The van der Waals surface area contributed by atoms with Crippen LogP contribution in [0.2, 0.25) is 0 Å². The average molecular weight is 434 g/mol. The Morgan fingerprint density at radius 2 is 1.55 bits per heavy atom. The van der Waals surface area contributed by atoms with Gasteiger partial charge in [0.05, 0.1) is 22.8 Å². The van der Waals surface area contributed by atoms with Crippen LogP contribution in [-0.2, 0) is 15.3 Å². The number of hydrogen-bond acceptors (Lipinski definition) is 4. The molecule has 3 aromatic rings. The van der Waals surface area contributed by atoms with Crippen LogP contribution in [-0.4, -0.2) is 18.4 Å². The van der Waals surface area contributed by atoms with Gasteiger partial charge in [-0.2, -0.15) is 0 Å². The average Bonchev–Trinajstić information content (AvgIpc) is 3.04. The smallest absolute Gasteiger partial charge is 0.272 e. The predicted molar refractivity (Wildman–Crippen MR) is 121 cm³/mol. The van der Waals surface area contributed by atoms with Gasteiger partial charge in [0.1, 0.15) is 11.6 Å². The van der Waals surface area contributed by atoms with Crippen LogP contribution in [0.1, 0.15) is 18.1 Å². The third kappa shape index (κ3) is 4.39. The molecule has 4 nitrogen and oxygen atoms in total. The Labute approximate surface area is 184 Å². The van der Waals surface area contributed by atoms with E-state index in [2.05, 4.69) is 0 Å². The number of amides is 2. The highest BCUT2D eigenvalue weighted by atomic mass is 32.2. The molecule has 1 aliphatic heterocycles. The van der Waals surface area contributed by atoms with E-state index in [1.165, 1.54) is 40.9 Å². The summed E-state index contributed by atoms with van der Waals surface area (Å²) in [4.78, 5) is 28.2. The van der Waals surface area contributed by atoms with Gasteiger partial charge >= 0.3 is 0 Å². The highest BCUT2D eigenvalue weighted by Gasteiger charge is 2.40. The molecule has 31 heavy (non-hydrogen) atoms. The largest absolute Gasteiger partial charge is 0.494 e. The molecule has 0 spiro atoms. The summed E-state index contributed by atoms with van der Waals surface area (Å²) in [5.74, 6) is 0.00116. The lowest BCUT2D eigenvalue weighted by molar-refractivity contribution is -0.119. The number of hydrogen-bond donors (Lipinski definition) is 0. The molecule has 2 amide bonds. The number of halogens is 1. The lowest BCUT2D eigenvalue weighted by Gasteiger charge is -2.16. The van der Waals surface area contributed by atoms with Crippen molar-refractivity contribution in [3.8, 4) is 5.75 Å². The first kappa shape index (κ1) is 20.9. The van der Waals surface area contributed by atoms with Crippen molar-refractivity contribution in [3.05, 3.63) is 101 Å². The van der Waals surface area contributed by atoms with Crippen molar-refractivity contribution in [1.82, 2.24) is 0 Å². The summed E-state index contributed by atoms with van der Waals surface area (Å²) in [6, 6.07) is 22.2. The van der Waals surface area contributed by atoms with Gasteiger partial charge in [0, 0.05) is 5.75 Å². The minimum absolute atomic E-state index is 0.291. The lowest BCUT2D eigenvalue weighted by Crippen LogP contribution is -2.31. The number of thioether (sulfide) groups is 1. The fourth-order valence-corrected chi connectivity index (χ4v) is 4.40. The molecule has 0 saturated heterocycles. The molecule has 0 saturated carbocycles. The molecule has 0 atom stereocenters. The van der Waals surface area contributed by atoms with Crippen molar-refractivity contribution in [3.63, 3.8) is 0 Å². The van der Waals surface area contributed by atoms with Crippen LogP contribution in [0.25, 0.3) is 5.57 Å². The van der Waals surface area contributed by atoms with E-state index >= 15 is 0 Å². The molecule has 1 aliphatic rings. The third-order valence-electron chi connectivity index (χ3n) is 4.81. The maximum Gasteiger partial charge on any atom is 0.272 e. The Kier molecular flexibility index (Phi) is 6.18. The molecule has 0 radical (unpaired) electrons. The van der Waals surface area contributed by atoms with Crippen molar-refractivity contribution in [1.29, 1.82) is 0 Å². The van der Waals surface area contributed by atoms with Crippen molar-refractivity contribution >= 4 is 34.8 Å². The van der Waals surface area contributed by atoms with Crippen LogP contribution in [0, 0.1) is 5.82 Å². The van der Waals surface area contributed by atoms with Gasteiger partial charge in [0.15, 0.2) is 0 Å². The van der Waals surface area contributed by atoms with E-state index in [1.54, 1.807) is 24.3 Å². The fourth-order valence-electron chi connectivity index (χ4n) is 3.34. The summed E-state index contributed by atoms with van der Waals surface area (Å²) in [7, 11) is 0. The lowest BCUT2D eigenvalue weighted by atomic mass is 10.1. The molecule has 3 aromatic carbocycles. The molecule has 0 unspecified atom stereocenters. The normalized spacial score (nSPS) is 13.8. The number of imide groups is 1. The van der Waals surface area contributed by atoms with Crippen LogP contribution in [0.3, 0.4) is 0 Å². The zero-order valence-electron chi connectivity index (χ0n) is 16.9. The number of benzene rings is 3. The second-order valence-electron chi connectivity index (χ2n) is 6.86. The topological polar surface area (TPSA) is 46.6 Å². The minimum Gasteiger partial charge on any atom is -0.494 e. The van der Waals surface area contributed by atoms with E-state index in [-0.39, 0.29) is 5.91 Å². The molecule has 0 aliphatic carbocycles. The molecule has 4 rings (SSSR count). The molecule has 0 fully saturated rings. The fraction of sp³-hybridized carbons (Fsp3) is 0.120. The molecule has 0 N–H and O–H groups in total. The maximum absolute atomic E-state index is 13.5. The second kappa shape index (κ2) is 9.18. The van der Waals surface area contributed by atoms with Gasteiger partial charge in [-0.25, -0.2) is 9.29 Å². The molecule has 156 valence electrons. The van der Waals surface area contributed by atoms with Gasteiger partial charge < -0.3 is 4.74 Å². The Bertz CT molecular complexity index is 1130. The highest BCUT2D eigenvalue weighted by molar-refractivity contribution is 8.03. The summed E-state index contributed by atoms with van der Waals surface area (Å²) >= 11 is 1.31. The van der Waals surface area contributed by atoms with Crippen LogP contribution in [0.5, 0.6) is 5.75 Å². The van der Waals surface area contributed by atoms with Crippen molar-refractivity contribution < 1.29 is 18.7 Å².